The van der Waals surface area contributed by atoms with Gasteiger partial charge in [-0.2, -0.15) is 0 Å². The van der Waals surface area contributed by atoms with Crippen molar-refractivity contribution >= 4 is 0 Å². The summed E-state index contributed by atoms with van der Waals surface area (Å²) in [4.78, 5) is 0. The predicted octanol–water partition coefficient (Wildman–Crippen LogP) is 1.52. The molecule has 2 atom stereocenters. The minimum atomic E-state index is -0.183. The first-order valence-electron chi connectivity index (χ1n) is 5.52. The Balaban J connectivity index is 2.28. The highest BCUT2D eigenvalue weighted by Gasteiger charge is 2.21. The van der Waals surface area contributed by atoms with E-state index in [1.54, 1.807) is 0 Å². The fourth-order valence-corrected chi connectivity index (χ4v) is 2.10. The summed E-state index contributed by atoms with van der Waals surface area (Å²) in [5.41, 5.74) is -0.183. The van der Waals surface area contributed by atoms with E-state index in [1.807, 2.05) is 13.8 Å². The van der Waals surface area contributed by atoms with Crippen molar-refractivity contribution in [3.63, 3.8) is 0 Å². The van der Waals surface area contributed by atoms with Crippen molar-refractivity contribution in [3.05, 3.63) is 0 Å². The SMILES string of the molecule is C#CC(C)(C)NC(C)CC1CCCN1. The molecule has 2 unspecified atom stereocenters. The molecule has 0 aromatic carbocycles. The predicted molar refractivity (Wildman–Crippen MR) is 61.2 cm³/mol. The van der Waals surface area contributed by atoms with Crippen LogP contribution in [0.3, 0.4) is 0 Å². The fraction of sp³-hybridized carbons (Fsp3) is 0.833. The lowest BCUT2D eigenvalue weighted by atomic mass is 10.0. The van der Waals surface area contributed by atoms with E-state index >= 15 is 0 Å². The average Bonchev–Trinajstić information content (AvgIpc) is 2.55. The van der Waals surface area contributed by atoms with E-state index < -0.39 is 0 Å². The van der Waals surface area contributed by atoms with Crippen LogP contribution in [0.2, 0.25) is 0 Å². The van der Waals surface area contributed by atoms with Crippen LogP contribution in [0.4, 0.5) is 0 Å². The molecule has 80 valence electrons. The lowest BCUT2D eigenvalue weighted by Gasteiger charge is -2.26. The van der Waals surface area contributed by atoms with E-state index in [0.29, 0.717) is 12.1 Å². The highest BCUT2D eigenvalue weighted by Crippen LogP contribution is 2.12. The van der Waals surface area contributed by atoms with Gasteiger partial charge in [0, 0.05) is 12.1 Å². The topological polar surface area (TPSA) is 24.1 Å². The highest BCUT2D eigenvalue weighted by molar-refractivity contribution is 5.08. The van der Waals surface area contributed by atoms with Gasteiger partial charge in [0.1, 0.15) is 0 Å². The second-order valence-electron chi connectivity index (χ2n) is 4.84. The normalized spacial score (nSPS) is 24.6. The molecular formula is C12H22N2. The van der Waals surface area contributed by atoms with E-state index in [0.717, 1.165) is 0 Å². The number of hydrogen-bond acceptors (Lipinski definition) is 2. The zero-order valence-corrected chi connectivity index (χ0v) is 9.56. The van der Waals surface area contributed by atoms with Crippen molar-refractivity contribution in [2.75, 3.05) is 6.54 Å². The van der Waals surface area contributed by atoms with Crippen molar-refractivity contribution in [1.82, 2.24) is 10.6 Å². The van der Waals surface area contributed by atoms with Gasteiger partial charge in [-0.05, 0) is 46.6 Å². The Bertz CT molecular complexity index is 209. The summed E-state index contributed by atoms with van der Waals surface area (Å²) in [6.45, 7) is 7.48. The zero-order valence-electron chi connectivity index (χ0n) is 9.56. The molecule has 0 aliphatic carbocycles. The third-order valence-electron chi connectivity index (χ3n) is 2.77. The van der Waals surface area contributed by atoms with Crippen LogP contribution in [0.5, 0.6) is 0 Å². The smallest absolute Gasteiger partial charge is 0.0743 e. The minimum Gasteiger partial charge on any atom is -0.314 e. The minimum absolute atomic E-state index is 0.183. The quantitative estimate of drug-likeness (QED) is 0.663. The number of nitrogens with one attached hydrogen (secondary N) is 2. The van der Waals surface area contributed by atoms with E-state index in [9.17, 15) is 0 Å². The van der Waals surface area contributed by atoms with Gasteiger partial charge in [-0.25, -0.2) is 0 Å². The maximum Gasteiger partial charge on any atom is 0.0743 e. The van der Waals surface area contributed by atoms with E-state index in [4.69, 9.17) is 6.42 Å². The Morgan fingerprint density at radius 1 is 1.64 bits per heavy atom. The lowest BCUT2D eigenvalue weighted by Crippen LogP contribution is -2.45. The van der Waals surface area contributed by atoms with Gasteiger partial charge in [0.25, 0.3) is 0 Å². The van der Waals surface area contributed by atoms with Crippen LogP contribution < -0.4 is 10.6 Å². The molecule has 2 nitrogen and oxygen atoms in total. The summed E-state index contributed by atoms with van der Waals surface area (Å²) in [7, 11) is 0. The van der Waals surface area contributed by atoms with Gasteiger partial charge in [-0.3, -0.25) is 5.32 Å². The van der Waals surface area contributed by atoms with Crippen molar-refractivity contribution in [2.45, 2.75) is 57.7 Å². The number of terminal acetylenes is 1. The molecular weight excluding hydrogens is 172 g/mol. The van der Waals surface area contributed by atoms with Gasteiger partial charge in [-0.1, -0.05) is 5.92 Å². The summed E-state index contributed by atoms with van der Waals surface area (Å²) in [6.07, 6.45) is 9.23. The monoisotopic (exact) mass is 194 g/mol. The largest absolute Gasteiger partial charge is 0.314 e. The Labute approximate surface area is 87.8 Å². The third-order valence-corrected chi connectivity index (χ3v) is 2.77. The standard InChI is InChI=1S/C12H22N2/c1-5-12(3,4)14-10(2)9-11-7-6-8-13-11/h1,10-11,13-14H,6-9H2,2-4H3. The molecule has 1 saturated heterocycles. The fourth-order valence-electron chi connectivity index (χ4n) is 2.10. The Kier molecular flexibility index (Phi) is 3.97. The average molecular weight is 194 g/mol. The molecule has 2 heteroatoms. The van der Waals surface area contributed by atoms with Gasteiger partial charge in [0.15, 0.2) is 0 Å². The molecule has 0 aromatic rings. The first kappa shape index (κ1) is 11.6. The molecule has 1 rings (SSSR count). The van der Waals surface area contributed by atoms with Gasteiger partial charge < -0.3 is 5.32 Å². The van der Waals surface area contributed by atoms with Crippen LogP contribution in [0, 0.1) is 12.3 Å². The molecule has 0 radical (unpaired) electrons. The molecule has 0 aromatic heterocycles. The second kappa shape index (κ2) is 4.82. The number of hydrogen-bond donors (Lipinski definition) is 2. The van der Waals surface area contributed by atoms with E-state index in [1.165, 1.54) is 25.8 Å². The summed E-state index contributed by atoms with van der Waals surface area (Å²) in [5.74, 6) is 2.77. The van der Waals surface area contributed by atoms with E-state index in [-0.39, 0.29) is 5.54 Å². The van der Waals surface area contributed by atoms with Gasteiger partial charge in [0.2, 0.25) is 0 Å². The van der Waals surface area contributed by atoms with Crippen LogP contribution >= 0.6 is 0 Å². The summed E-state index contributed by atoms with van der Waals surface area (Å²) in [5, 5.41) is 6.96. The van der Waals surface area contributed by atoms with Crippen LogP contribution in [-0.4, -0.2) is 24.2 Å². The van der Waals surface area contributed by atoms with Gasteiger partial charge in [0.05, 0.1) is 5.54 Å². The van der Waals surface area contributed by atoms with Gasteiger partial charge >= 0.3 is 0 Å². The third kappa shape index (κ3) is 3.69. The maximum absolute atomic E-state index is 5.43. The molecule has 0 saturated carbocycles. The Morgan fingerprint density at radius 2 is 2.36 bits per heavy atom. The zero-order chi connectivity index (χ0) is 10.6. The molecule has 1 aliphatic rings. The van der Waals surface area contributed by atoms with Crippen LogP contribution in [0.25, 0.3) is 0 Å². The molecule has 2 N–H and O–H groups in total. The van der Waals surface area contributed by atoms with Crippen LogP contribution in [-0.2, 0) is 0 Å². The van der Waals surface area contributed by atoms with Crippen molar-refractivity contribution in [1.29, 1.82) is 0 Å². The van der Waals surface area contributed by atoms with Gasteiger partial charge in [-0.15, -0.1) is 6.42 Å². The second-order valence-corrected chi connectivity index (χ2v) is 4.84. The molecule has 14 heavy (non-hydrogen) atoms. The molecule has 0 amide bonds. The van der Waals surface area contributed by atoms with E-state index in [2.05, 4.69) is 23.5 Å². The molecule has 1 aliphatic heterocycles. The Hall–Kier alpha value is -0.520. The van der Waals surface area contributed by atoms with Crippen LogP contribution in [0.1, 0.15) is 40.0 Å². The Morgan fingerprint density at radius 3 is 2.86 bits per heavy atom. The van der Waals surface area contributed by atoms with Crippen molar-refractivity contribution < 1.29 is 0 Å². The summed E-state index contributed by atoms with van der Waals surface area (Å²) in [6, 6.07) is 1.17. The number of rotatable bonds is 4. The summed E-state index contributed by atoms with van der Waals surface area (Å²) >= 11 is 0. The van der Waals surface area contributed by atoms with Crippen molar-refractivity contribution in [2.24, 2.45) is 0 Å². The maximum atomic E-state index is 5.43. The van der Waals surface area contributed by atoms with Crippen LogP contribution in [0.15, 0.2) is 0 Å². The summed E-state index contributed by atoms with van der Waals surface area (Å²) < 4.78 is 0. The molecule has 0 spiro atoms. The molecule has 1 fully saturated rings. The molecule has 0 bridgehead atoms. The first-order chi connectivity index (χ1) is 6.53. The first-order valence-corrected chi connectivity index (χ1v) is 5.52. The lowest BCUT2D eigenvalue weighted by molar-refractivity contribution is 0.373. The van der Waals surface area contributed by atoms with Crippen molar-refractivity contribution in [3.8, 4) is 12.3 Å². The molecule has 1 heterocycles. The highest BCUT2D eigenvalue weighted by atomic mass is 15.0.